The maximum atomic E-state index is 12.6. The number of aliphatic hydroxyl groups is 1. The number of nitrogens with two attached hydrogens (primary N) is 1. The van der Waals surface area contributed by atoms with E-state index in [0.717, 1.165) is 42.6 Å². The Kier molecular flexibility index (Phi) is 6.37. The van der Waals surface area contributed by atoms with Gasteiger partial charge in [-0.05, 0) is 41.7 Å². The second kappa shape index (κ2) is 8.29. The van der Waals surface area contributed by atoms with Crippen LogP contribution in [0.2, 0.25) is 0 Å². The first-order valence-electron chi connectivity index (χ1n) is 8.02. The summed E-state index contributed by atoms with van der Waals surface area (Å²) in [5.74, 6) is 0.0747. The number of amides is 1. The first kappa shape index (κ1) is 18.5. The van der Waals surface area contributed by atoms with Gasteiger partial charge in [0, 0.05) is 24.7 Å². The molecule has 1 heterocycles. The maximum absolute atomic E-state index is 12.6. The summed E-state index contributed by atoms with van der Waals surface area (Å²) >= 11 is 0. The van der Waals surface area contributed by atoms with Gasteiger partial charge in [-0.15, -0.1) is 12.4 Å². The summed E-state index contributed by atoms with van der Waals surface area (Å²) in [6, 6.07) is 15.7. The van der Waals surface area contributed by atoms with E-state index in [2.05, 4.69) is 0 Å². The molecule has 5 heteroatoms. The third-order valence-electron chi connectivity index (χ3n) is 4.41. The van der Waals surface area contributed by atoms with Gasteiger partial charge in [0.05, 0.1) is 6.61 Å². The predicted molar refractivity (Wildman–Crippen MR) is 98.2 cm³/mol. The number of carbonyl (C=O) groups is 1. The van der Waals surface area contributed by atoms with Crippen LogP contribution in [-0.4, -0.2) is 35.0 Å². The fourth-order valence-electron chi connectivity index (χ4n) is 2.92. The SMILES string of the molecule is Cl.NC1CCN(C(=O)c2cccc(-c3ccc(CO)cc3)c2)CC1. The van der Waals surface area contributed by atoms with Gasteiger partial charge in [0.15, 0.2) is 0 Å². The quantitative estimate of drug-likeness (QED) is 0.898. The molecule has 3 rings (SSSR count). The summed E-state index contributed by atoms with van der Waals surface area (Å²) in [4.78, 5) is 14.5. The van der Waals surface area contributed by atoms with Crippen LogP contribution in [0.4, 0.5) is 0 Å². The fraction of sp³-hybridized carbons (Fsp3) is 0.316. The molecule has 1 aliphatic heterocycles. The van der Waals surface area contributed by atoms with Crippen LogP contribution in [-0.2, 0) is 6.61 Å². The predicted octanol–water partition coefficient (Wildman–Crippen LogP) is 2.83. The van der Waals surface area contributed by atoms with Gasteiger partial charge in [-0.3, -0.25) is 4.79 Å². The topological polar surface area (TPSA) is 66.6 Å². The van der Waals surface area contributed by atoms with E-state index >= 15 is 0 Å². The lowest BCUT2D eigenvalue weighted by Crippen LogP contribution is -2.42. The molecule has 1 aliphatic rings. The van der Waals surface area contributed by atoms with Gasteiger partial charge in [0.2, 0.25) is 0 Å². The lowest BCUT2D eigenvalue weighted by Gasteiger charge is -2.30. The van der Waals surface area contributed by atoms with Crippen molar-refractivity contribution in [3.63, 3.8) is 0 Å². The Hall–Kier alpha value is -1.88. The van der Waals surface area contributed by atoms with E-state index in [1.807, 2.05) is 53.4 Å². The summed E-state index contributed by atoms with van der Waals surface area (Å²) in [7, 11) is 0. The molecule has 0 radical (unpaired) electrons. The maximum Gasteiger partial charge on any atom is 0.253 e. The highest BCUT2D eigenvalue weighted by molar-refractivity contribution is 5.95. The zero-order valence-electron chi connectivity index (χ0n) is 13.5. The van der Waals surface area contributed by atoms with Crippen LogP contribution in [0.1, 0.15) is 28.8 Å². The third-order valence-corrected chi connectivity index (χ3v) is 4.41. The lowest BCUT2D eigenvalue weighted by atomic mass is 10.0. The van der Waals surface area contributed by atoms with Crippen molar-refractivity contribution in [3.8, 4) is 11.1 Å². The van der Waals surface area contributed by atoms with E-state index in [1.165, 1.54) is 0 Å². The number of carbonyl (C=O) groups excluding carboxylic acids is 1. The lowest BCUT2D eigenvalue weighted by molar-refractivity contribution is 0.0715. The first-order valence-corrected chi connectivity index (χ1v) is 8.02. The van der Waals surface area contributed by atoms with Crippen LogP contribution in [0.25, 0.3) is 11.1 Å². The molecule has 0 aromatic heterocycles. The number of hydrogen-bond donors (Lipinski definition) is 2. The molecule has 0 saturated carbocycles. The second-order valence-corrected chi connectivity index (χ2v) is 6.07. The molecule has 0 unspecified atom stereocenters. The minimum Gasteiger partial charge on any atom is -0.392 e. The third kappa shape index (κ3) is 4.15. The Bertz CT molecular complexity index is 680. The highest BCUT2D eigenvalue weighted by Gasteiger charge is 2.21. The van der Waals surface area contributed by atoms with Crippen LogP contribution in [0.5, 0.6) is 0 Å². The molecule has 2 aromatic rings. The number of aliphatic hydroxyl groups excluding tert-OH is 1. The molecule has 24 heavy (non-hydrogen) atoms. The number of halogens is 1. The van der Waals surface area contributed by atoms with Gasteiger partial charge in [-0.2, -0.15) is 0 Å². The second-order valence-electron chi connectivity index (χ2n) is 6.07. The van der Waals surface area contributed by atoms with Crippen molar-refractivity contribution in [2.75, 3.05) is 13.1 Å². The average Bonchev–Trinajstić information content (AvgIpc) is 2.62. The van der Waals surface area contributed by atoms with Crippen LogP contribution < -0.4 is 5.73 Å². The zero-order chi connectivity index (χ0) is 16.2. The first-order chi connectivity index (χ1) is 11.2. The summed E-state index contributed by atoms with van der Waals surface area (Å²) in [5, 5.41) is 9.12. The van der Waals surface area contributed by atoms with Crippen molar-refractivity contribution in [1.29, 1.82) is 0 Å². The number of piperidine rings is 1. The van der Waals surface area contributed by atoms with Gasteiger partial charge in [0.25, 0.3) is 5.91 Å². The number of hydrogen-bond acceptors (Lipinski definition) is 3. The van der Waals surface area contributed by atoms with Crippen molar-refractivity contribution in [3.05, 3.63) is 59.7 Å². The Morgan fingerprint density at radius 3 is 2.38 bits per heavy atom. The van der Waals surface area contributed by atoms with Gasteiger partial charge in [0.1, 0.15) is 0 Å². The van der Waals surface area contributed by atoms with E-state index in [0.29, 0.717) is 5.56 Å². The minimum absolute atomic E-state index is 0. The Labute approximate surface area is 148 Å². The molecule has 2 aromatic carbocycles. The number of nitrogens with zero attached hydrogens (tertiary/aromatic N) is 1. The van der Waals surface area contributed by atoms with Gasteiger partial charge in [-0.25, -0.2) is 0 Å². The van der Waals surface area contributed by atoms with Crippen molar-refractivity contribution in [2.24, 2.45) is 5.73 Å². The van der Waals surface area contributed by atoms with Crippen LogP contribution >= 0.6 is 12.4 Å². The summed E-state index contributed by atoms with van der Waals surface area (Å²) in [6.45, 7) is 1.50. The molecule has 0 atom stereocenters. The smallest absolute Gasteiger partial charge is 0.253 e. The molecule has 4 nitrogen and oxygen atoms in total. The number of rotatable bonds is 3. The van der Waals surface area contributed by atoms with Gasteiger partial charge in [-0.1, -0.05) is 36.4 Å². The standard InChI is InChI=1S/C19H22N2O2.ClH/c20-18-8-10-21(11-9-18)19(23)17-3-1-2-16(12-17)15-6-4-14(13-22)5-7-15;/h1-7,12,18,22H,8-11,13,20H2;1H. The largest absolute Gasteiger partial charge is 0.392 e. The normalized spacial score (nSPS) is 15.0. The molecule has 1 fully saturated rings. The molecule has 0 aliphatic carbocycles. The van der Waals surface area contributed by atoms with Gasteiger partial charge >= 0.3 is 0 Å². The Morgan fingerprint density at radius 2 is 1.75 bits per heavy atom. The van der Waals surface area contributed by atoms with E-state index in [1.54, 1.807) is 0 Å². The highest BCUT2D eigenvalue weighted by Crippen LogP contribution is 2.22. The average molecular weight is 347 g/mol. The molecule has 3 N–H and O–H groups in total. The minimum atomic E-state index is 0. The van der Waals surface area contributed by atoms with Crippen LogP contribution in [0.3, 0.4) is 0 Å². The fourth-order valence-corrected chi connectivity index (χ4v) is 2.92. The monoisotopic (exact) mass is 346 g/mol. The van der Waals surface area contributed by atoms with E-state index in [9.17, 15) is 4.79 Å². The summed E-state index contributed by atoms with van der Waals surface area (Å²) in [6.07, 6.45) is 1.74. The molecule has 0 spiro atoms. The number of likely N-dealkylation sites (tertiary alicyclic amines) is 1. The molecular weight excluding hydrogens is 324 g/mol. The van der Waals surface area contributed by atoms with Crippen LogP contribution in [0.15, 0.2) is 48.5 Å². The molecule has 0 bridgehead atoms. The molecule has 1 saturated heterocycles. The Morgan fingerprint density at radius 1 is 1.08 bits per heavy atom. The summed E-state index contributed by atoms with van der Waals surface area (Å²) < 4.78 is 0. The number of benzene rings is 2. The van der Waals surface area contributed by atoms with Crippen molar-refractivity contribution >= 4 is 18.3 Å². The molecular formula is C19H23ClN2O2. The van der Waals surface area contributed by atoms with E-state index < -0.39 is 0 Å². The van der Waals surface area contributed by atoms with Crippen molar-refractivity contribution < 1.29 is 9.90 Å². The zero-order valence-corrected chi connectivity index (χ0v) is 14.3. The van der Waals surface area contributed by atoms with Crippen LogP contribution in [0, 0.1) is 0 Å². The van der Waals surface area contributed by atoms with Gasteiger partial charge < -0.3 is 15.7 Å². The molecule has 128 valence electrons. The van der Waals surface area contributed by atoms with E-state index in [-0.39, 0.29) is 31.0 Å². The van der Waals surface area contributed by atoms with Crippen molar-refractivity contribution in [1.82, 2.24) is 4.90 Å². The van der Waals surface area contributed by atoms with E-state index in [4.69, 9.17) is 10.8 Å². The molecule has 1 amide bonds. The Balaban J connectivity index is 0.00000208. The highest BCUT2D eigenvalue weighted by atomic mass is 35.5. The van der Waals surface area contributed by atoms with Crippen molar-refractivity contribution in [2.45, 2.75) is 25.5 Å². The summed E-state index contributed by atoms with van der Waals surface area (Å²) in [5.41, 5.74) is 9.54.